The number of para-hydroxylation sites is 1. The number of aliphatic hydroxyl groups excluding tert-OH is 1. The van der Waals surface area contributed by atoms with Crippen LogP contribution >= 0.6 is 0 Å². The summed E-state index contributed by atoms with van der Waals surface area (Å²) in [4.78, 5) is 13.8. The standard InChI is InChI=1S/C12H15NO3/c1-16-11-5-3-2-4-10(11)12(15)13-6-9(7-13)8-14/h2-5,9,14H,6-8H2,1H3. The van der Waals surface area contributed by atoms with Crippen LogP contribution in [0.4, 0.5) is 0 Å². The van der Waals surface area contributed by atoms with Crippen LogP contribution in [0, 0.1) is 5.92 Å². The van der Waals surface area contributed by atoms with Gasteiger partial charge in [-0.15, -0.1) is 0 Å². The lowest BCUT2D eigenvalue weighted by Gasteiger charge is -2.38. The second-order valence-electron chi connectivity index (χ2n) is 3.96. The Labute approximate surface area is 94.4 Å². The van der Waals surface area contributed by atoms with E-state index in [2.05, 4.69) is 0 Å². The summed E-state index contributed by atoms with van der Waals surface area (Å²) in [5, 5.41) is 8.89. The fraction of sp³-hybridized carbons (Fsp3) is 0.417. The maximum atomic E-state index is 12.0. The van der Waals surface area contributed by atoms with Crippen molar-refractivity contribution in [1.82, 2.24) is 4.90 Å². The van der Waals surface area contributed by atoms with Gasteiger partial charge in [-0.05, 0) is 12.1 Å². The molecule has 86 valence electrons. The molecule has 0 radical (unpaired) electrons. The van der Waals surface area contributed by atoms with Gasteiger partial charge < -0.3 is 14.7 Å². The molecule has 1 aromatic carbocycles. The molecule has 0 aromatic heterocycles. The largest absolute Gasteiger partial charge is 0.496 e. The minimum absolute atomic E-state index is 0.0258. The van der Waals surface area contributed by atoms with Crippen molar-refractivity contribution in [3.05, 3.63) is 29.8 Å². The highest BCUT2D eigenvalue weighted by molar-refractivity contribution is 5.97. The number of methoxy groups -OCH3 is 1. The first-order valence-electron chi connectivity index (χ1n) is 5.29. The number of aliphatic hydroxyl groups is 1. The molecular weight excluding hydrogens is 206 g/mol. The molecule has 0 atom stereocenters. The molecule has 0 unspecified atom stereocenters. The Kier molecular flexibility index (Phi) is 3.10. The maximum Gasteiger partial charge on any atom is 0.257 e. The van der Waals surface area contributed by atoms with E-state index >= 15 is 0 Å². The Hall–Kier alpha value is -1.55. The number of hydrogen-bond donors (Lipinski definition) is 1. The van der Waals surface area contributed by atoms with Gasteiger partial charge in [0, 0.05) is 25.6 Å². The van der Waals surface area contributed by atoms with Gasteiger partial charge in [-0.2, -0.15) is 0 Å². The van der Waals surface area contributed by atoms with Crippen molar-refractivity contribution in [2.24, 2.45) is 5.92 Å². The highest BCUT2D eigenvalue weighted by atomic mass is 16.5. The zero-order valence-electron chi connectivity index (χ0n) is 9.22. The normalized spacial score (nSPS) is 15.8. The molecule has 16 heavy (non-hydrogen) atoms. The summed E-state index contributed by atoms with van der Waals surface area (Å²) >= 11 is 0. The van der Waals surface area contributed by atoms with Crippen LogP contribution < -0.4 is 4.74 Å². The first-order chi connectivity index (χ1) is 7.76. The van der Waals surface area contributed by atoms with Crippen molar-refractivity contribution in [3.8, 4) is 5.75 Å². The quantitative estimate of drug-likeness (QED) is 0.819. The van der Waals surface area contributed by atoms with Crippen molar-refractivity contribution in [1.29, 1.82) is 0 Å². The van der Waals surface area contributed by atoms with Crippen molar-refractivity contribution < 1.29 is 14.6 Å². The topological polar surface area (TPSA) is 49.8 Å². The van der Waals surface area contributed by atoms with E-state index in [1.54, 1.807) is 24.1 Å². The minimum atomic E-state index is -0.0258. The summed E-state index contributed by atoms with van der Waals surface area (Å²) in [5.74, 6) is 0.806. The molecule has 2 rings (SSSR count). The molecule has 4 heteroatoms. The molecule has 1 saturated heterocycles. The Morgan fingerprint density at radius 2 is 2.19 bits per heavy atom. The summed E-state index contributed by atoms with van der Waals surface area (Å²) in [6.07, 6.45) is 0. The number of nitrogens with zero attached hydrogens (tertiary/aromatic N) is 1. The van der Waals surface area contributed by atoms with Crippen molar-refractivity contribution in [3.63, 3.8) is 0 Å². The number of hydrogen-bond acceptors (Lipinski definition) is 3. The van der Waals surface area contributed by atoms with Gasteiger partial charge in [0.1, 0.15) is 5.75 Å². The van der Waals surface area contributed by atoms with Crippen LogP contribution in [-0.2, 0) is 0 Å². The Bertz CT molecular complexity index is 386. The number of likely N-dealkylation sites (tertiary alicyclic amines) is 1. The number of ether oxygens (including phenoxy) is 1. The molecule has 1 amide bonds. The van der Waals surface area contributed by atoms with Crippen LogP contribution in [0.3, 0.4) is 0 Å². The summed E-state index contributed by atoms with van der Waals surface area (Å²) < 4.78 is 5.14. The number of carbonyl (C=O) groups excluding carboxylic acids is 1. The zero-order chi connectivity index (χ0) is 11.5. The summed E-state index contributed by atoms with van der Waals surface area (Å²) in [5.41, 5.74) is 0.585. The van der Waals surface area contributed by atoms with Crippen LogP contribution in [0.15, 0.2) is 24.3 Å². The number of amides is 1. The lowest BCUT2D eigenvalue weighted by atomic mass is 10.00. The van der Waals surface area contributed by atoms with Gasteiger partial charge in [-0.3, -0.25) is 4.79 Å². The summed E-state index contributed by atoms with van der Waals surface area (Å²) in [7, 11) is 1.55. The molecule has 1 N–H and O–H groups in total. The fourth-order valence-electron chi connectivity index (χ4n) is 1.84. The Balaban J connectivity index is 2.10. The van der Waals surface area contributed by atoms with Gasteiger partial charge in [0.15, 0.2) is 0 Å². The highest BCUT2D eigenvalue weighted by Crippen LogP contribution is 2.23. The summed E-state index contributed by atoms with van der Waals surface area (Å²) in [6.45, 7) is 1.41. The molecule has 4 nitrogen and oxygen atoms in total. The Morgan fingerprint density at radius 1 is 1.50 bits per heavy atom. The fourth-order valence-corrected chi connectivity index (χ4v) is 1.84. The number of benzene rings is 1. The lowest BCUT2D eigenvalue weighted by Crippen LogP contribution is -2.51. The third-order valence-electron chi connectivity index (χ3n) is 2.84. The van der Waals surface area contributed by atoms with E-state index in [-0.39, 0.29) is 18.4 Å². The average molecular weight is 221 g/mol. The first-order valence-corrected chi connectivity index (χ1v) is 5.29. The monoisotopic (exact) mass is 221 g/mol. The van der Waals surface area contributed by atoms with Crippen LogP contribution in [0.1, 0.15) is 10.4 Å². The molecule has 1 aliphatic rings. The second-order valence-corrected chi connectivity index (χ2v) is 3.96. The van der Waals surface area contributed by atoms with Crippen LogP contribution in [0.2, 0.25) is 0 Å². The van der Waals surface area contributed by atoms with E-state index in [0.29, 0.717) is 24.4 Å². The number of rotatable bonds is 3. The van der Waals surface area contributed by atoms with Gasteiger partial charge in [0.25, 0.3) is 5.91 Å². The predicted molar refractivity (Wildman–Crippen MR) is 59.5 cm³/mol. The molecule has 1 heterocycles. The van der Waals surface area contributed by atoms with Gasteiger partial charge >= 0.3 is 0 Å². The van der Waals surface area contributed by atoms with Crippen molar-refractivity contribution in [2.75, 3.05) is 26.8 Å². The molecular formula is C12H15NO3. The Morgan fingerprint density at radius 3 is 2.81 bits per heavy atom. The average Bonchev–Trinajstić information content (AvgIpc) is 2.27. The first kappa shape index (κ1) is 11.0. The van der Waals surface area contributed by atoms with Crippen LogP contribution in [0.5, 0.6) is 5.75 Å². The summed E-state index contributed by atoms with van der Waals surface area (Å²) in [6, 6.07) is 7.19. The van der Waals surface area contributed by atoms with E-state index < -0.39 is 0 Å². The van der Waals surface area contributed by atoms with E-state index in [1.807, 2.05) is 12.1 Å². The van der Waals surface area contributed by atoms with Crippen LogP contribution in [-0.4, -0.2) is 42.7 Å². The van der Waals surface area contributed by atoms with E-state index in [0.717, 1.165) is 0 Å². The van der Waals surface area contributed by atoms with Gasteiger partial charge in [0.2, 0.25) is 0 Å². The van der Waals surface area contributed by atoms with E-state index in [9.17, 15) is 4.79 Å². The van der Waals surface area contributed by atoms with Crippen molar-refractivity contribution >= 4 is 5.91 Å². The maximum absolute atomic E-state index is 12.0. The molecule has 1 aliphatic heterocycles. The number of carbonyl (C=O) groups is 1. The molecule has 1 fully saturated rings. The lowest BCUT2D eigenvalue weighted by molar-refractivity contribution is 0.0359. The minimum Gasteiger partial charge on any atom is -0.496 e. The zero-order valence-corrected chi connectivity index (χ0v) is 9.22. The molecule has 0 aliphatic carbocycles. The molecule has 0 saturated carbocycles. The smallest absolute Gasteiger partial charge is 0.257 e. The van der Waals surface area contributed by atoms with Gasteiger partial charge in [0.05, 0.1) is 12.7 Å². The second kappa shape index (κ2) is 4.53. The highest BCUT2D eigenvalue weighted by Gasteiger charge is 2.31. The molecule has 0 spiro atoms. The SMILES string of the molecule is COc1ccccc1C(=O)N1CC(CO)C1. The van der Waals surface area contributed by atoms with E-state index in [4.69, 9.17) is 9.84 Å². The van der Waals surface area contributed by atoms with Gasteiger partial charge in [-0.1, -0.05) is 12.1 Å². The third kappa shape index (κ3) is 1.88. The molecule has 1 aromatic rings. The van der Waals surface area contributed by atoms with Crippen LogP contribution in [0.25, 0.3) is 0 Å². The van der Waals surface area contributed by atoms with E-state index in [1.165, 1.54) is 0 Å². The predicted octanol–water partition coefficient (Wildman–Crippen LogP) is 0.760. The molecule has 0 bridgehead atoms. The third-order valence-corrected chi connectivity index (χ3v) is 2.84. The van der Waals surface area contributed by atoms with Crippen molar-refractivity contribution in [2.45, 2.75) is 0 Å². The van der Waals surface area contributed by atoms with Gasteiger partial charge in [-0.25, -0.2) is 0 Å².